The Morgan fingerprint density at radius 2 is 1.74 bits per heavy atom. The number of nitrogens with two attached hydrogens (primary N) is 1. The molecule has 2 aromatic carbocycles. The number of nitrogens with zero attached hydrogens (tertiary/aromatic N) is 4. The van der Waals surface area contributed by atoms with Crippen LogP contribution in [-0.4, -0.2) is 22.0 Å². The Hall–Kier alpha value is -5.08. The van der Waals surface area contributed by atoms with Crippen LogP contribution in [0.25, 0.3) is 39.3 Å². The summed E-state index contributed by atoms with van der Waals surface area (Å²) in [6.45, 7) is 2.04. The lowest BCUT2D eigenvalue weighted by molar-refractivity contribution is 0.0526. The van der Waals surface area contributed by atoms with Crippen molar-refractivity contribution >= 4 is 28.5 Å². The number of furan rings is 1. The van der Waals surface area contributed by atoms with E-state index in [-0.39, 0.29) is 16.9 Å². The fourth-order valence-electron chi connectivity index (χ4n) is 3.99. The molecule has 5 rings (SSSR count). The van der Waals surface area contributed by atoms with Crippen LogP contribution in [0.2, 0.25) is 0 Å². The van der Waals surface area contributed by atoms with E-state index in [0.29, 0.717) is 45.9 Å². The fourth-order valence-corrected chi connectivity index (χ4v) is 3.99. The number of rotatable bonds is 4. The Kier molecular flexibility index (Phi) is 4.97. The number of hydrogen-bond acceptors (Lipinski definition) is 7. The van der Waals surface area contributed by atoms with E-state index in [2.05, 4.69) is 17.1 Å². The molecular weight excluding hydrogens is 430 g/mol. The first-order chi connectivity index (χ1) is 16.6. The second-order valence-corrected chi connectivity index (χ2v) is 7.46. The molecule has 34 heavy (non-hydrogen) atoms. The van der Waals surface area contributed by atoms with E-state index in [1.54, 1.807) is 47.7 Å². The summed E-state index contributed by atoms with van der Waals surface area (Å²) in [5.41, 5.74) is 9.88. The maximum atomic E-state index is 11.9. The lowest BCUT2D eigenvalue weighted by Crippen LogP contribution is -2.05. The van der Waals surface area contributed by atoms with E-state index < -0.39 is 5.97 Å². The number of carbonyl (C=O) groups is 1. The summed E-state index contributed by atoms with van der Waals surface area (Å²) in [5.74, 6) is 0.600. The van der Waals surface area contributed by atoms with Gasteiger partial charge in [-0.25, -0.2) is 9.78 Å². The molecule has 3 aromatic heterocycles. The van der Waals surface area contributed by atoms with E-state index in [0.717, 1.165) is 5.56 Å². The molecule has 3 heterocycles. The zero-order chi connectivity index (χ0) is 23.8. The van der Waals surface area contributed by atoms with Crippen molar-refractivity contribution < 1.29 is 13.9 Å². The molecule has 0 unspecified atom stereocenters. The number of anilines is 1. The SMILES string of the molecule is CCOC(=O)c1ccc(-c2ccc(-c3c(C#N)c(N)n4c(nc5ccccc54)c3C#N)o2)cc1. The average Bonchev–Trinajstić information content (AvgIpc) is 3.49. The molecule has 0 spiro atoms. The molecule has 0 aliphatic carbocycles. The third-order valence-corrected chi connectivity index (χ3v) is 5.54. The van der Waals surface area contributed by atoms with Crippen molar-refractivity contribution in [3.8, 4) is 34.8 Å². The highest BCUT2D eigenvalue weighted by Gasteiger charge is 2.24. The minimum atomic E-state index is -0.401. The van der Waals surface area contributed by atoms with Crippen molar-refractivity contribution in [3.05, 3.63) is 77.4 Å². The minimum Gasteiger partial charge on any atom is -0.462 e. The molecule has 0 aliphatic heterocycles. The zero-order valence-electron chi connectivity index (χ0n) is 18.1. The van der Waals surface area contributed by atoms with Crippen LogP contribution in [0, 0.1) is 22.7 Å². The van der Waals surface area contributed by atoms with Crippen molar-refractivity contribution in [2.45, 2.75) is 6.92 Å². The first kappa shape index (κ1) is 20.8. The van der Waals surface area contributed by atoms with E-state index >= 15 is 0 Å². The van der Waals surface area contributed by atoms with Crippen LogP contribution in [-0.2, 0) is 4.74 Å². The van der Waals surface area contributed by atoms with Gasteiger partial charge in [-0.15, -0.1) is 0 Å². The third-order valence-electron chi connectivity index (χ3n) is 5.54. The predicted molar refractivity (Wildman–Crippen MR) is 126 cm³/mol. The van der Waals surface area contributed by atoms with Gasteiger partial charge >= 0.3 is 5.97 Å². The summed E-state index contributed by atoms with van der Waals surface area (Å²) in [7, 11) is 0. The topological polar surface area (TPSA) is 130 Å². The highest BCUT2D eigenvalue weighted by atomic mass is 16.5. The van der Waals surface area contributed by atoms with Crippen LogP contribution >= 0.6 is 0 Å². The monoisotopic (exact) mass is 447 g/mol. The average molecular weight is 447 g/mol. The Morgan fingerprint density at radius 1 is 1.03 bits per heavy atom. The van der Waals surface area contributed by atoms with Crippen LogP contribution in [0.5, 0.6) is 0 Å². The number of carbonyl (C=O) groups excluding carboxylic acids is 1. The van der Waals surface area contributed by atoms with E-state index in [1.165, 1.54) is 0 Å². The lowest BCUT2D eigenvalue weighted by Gasteiger charge is -2.10. The Bertz CT molecular complexity index is 1660. The Morgan fingerprint density at radius 3 is 2.44 bits per heavy atom. The van der Waals surface area contributed by atoms with Crippen LogP contribution in [0.3, 0.4) is 0 Å². The van der Waals surface area contributed by atoms with Gasteiger partial charge in [0.25, 0.3) is 0 Å². The molecule has 2 N–H and O–H groups in total. The summed E-state index contributed by atoms with van der Waals surface area (Å²) in [4.78, 5) is 16.5. The number of nitriles is 2. The van der Waals surface area contributed by atoms with Gasteiger partial charge in [0.2, 0.25) is 0 Å². The van der Waals surface area contributed by atoms with Gasteiger partial charge < -0.3 is 14.9 Å². The number of aromatic nitrogens is 2. The van der Waals surface area contributed by atoms with Gasteiger partial charge in [0.15, 0.2) is 5.65 Å². The second-order valence-electron chi connectivity index (χ2n) is 7.46. The molecule has 0 bridgehead atoms. The van der Waals surface area contributed by atoms with Gasteiger partial charge in [-0.05, 0) is 43.3 Å². The van der Waals surface area contributed by atoms with Gasteiger partial charge in [0.05, 0.1) is 28.8 Å². The quantitative estimate of drug-likeness (QED) is 0.387. The number of ether oxygens (including phenoxy) is 1. The van der Waals surface area contributed by atoms with E-state index in [1.807, 2.05) is 24.3 Å². The third kappa shape index (κ3) is 3.14. The molecule has 0 saturated carbocycles. The summed E-state index contributed by atoms with van der Waals surface area (Å²) in [6.07, 6.45) is 0. The van der Waals surface area contributed by atoms with Crippen LogP contribution in [0.1, 0.15) is 28.4 Å². The van der Waals surface area contributed by atoms with Crippen LogP contribution in [0.15, 0.2) is 65.1 Å². The molecule has 0 saturated heterocycles. The van der Waals surface area contributed by atoms with E-state index in [4.69, 9.17) is 14.9 Å². The summed E-state index contributed by atoms with van der Waals surface area (Å²) in [5, 5.41) is 20.0. The molecule has 0 fully saturated rings. The largest absolute Gasteiger partial charge is 0.462 e. The van der Waals surface area contributed by atoms with Gasteiger partial charge in [0.1, 0.15) is 40.6 Å². The number of hydrogen-bond donors (Lipinski definition) is 1. The van der Waals surface area contributed by atoms with Crippen LogP contribution < -0.4 is 5.73 Å². The first-order valence-electron chi connectivity index (χ1n) is 10.5. The standard InChI is InChI=1S/C26H17N5O3/c1-2-33-26(32)16-9-7-15(8-10-16)21-11-12-22(34-21)23-17(13-27)24(29)31-20-6-4-3-5-19(20)30-25(31)18(23)14-28/h3-12H,2,29H2,1H3. The molecule has 0 radical (unpaired) electrons. The van der Waals surface area contributed by atoms with Crippen molar-refractivity contribution in [1.29, 1.82) is 10.5 Å². The molecule has 164 valence electrons. The molecular formula is C26H17N5O3. The predicted octanol–water partition coefficient (Wildman–Crippen LogP) is 4.92. The van der Waals surface area contributed by atoms with Crippen molar-refractivity contribution in [1.82, 2.24) is 9.38 Å². The Balaban J connectivity index is 1.66. The number of esters is 1. The second kappa shape index (κ2) is 8.12. The smallest absolute Gasteiger partial charge is 0.338 e. The van der Waals surface area contributed by atoms with Gasteiger partial charge in [-0.1, -0.05) is 24.3 Å². The maximum absolute atomic E-state index is 11.9. The Labute approximate surface area is 194 Å². The number of imidazole rings is 1. The molecule has 0 aliphatic rings. The fraction of sp³-hybridized carbons (Fsp3) is 0.0769. The minimum absolute atomic E-state index is 0.130. The first-order valence-corrected chi connectivity index (χ1v) is 10.5. The van der Waals surface area contributed by atoms with E-state index in [9.17, 15) is 15.3 Å². The molecule has 8 heteroatoms. The maximum Gasteiger partial charge on any atom is 0.338 e. The molecule has 0 amide bonds. The number of benzene rings is 2. The summed E-state index contributed by atoms with van der Waals surface area (Å²) in [6, 6.07) is 21.8. The van der Waals surface area contributed by atoms with Gasteiger partial charge in [0, 0.05) is 5.56 Å². The normalized spacial score (nSPS) is 10.8. The van der Waals surface area contributed by atoms with Gasteiger partial charge in [-0.2, -0.15) is 10.5 Å². The number of fused-ring (bicyclic) bond motifs is 3. The highest BCUT2D eigenvalue weighted by Crippen LogP contribution is 2.38. The lowest BCUT2D eigenvalue weighted by atomic mass is 10.0. The summed E-state index contributed by atoms with van der Waals surface area (Å²) >= 11 is 0. The highest BCUT2D eigenvalue weighted by molar-refractivity contribution is 5.92. The van der Waals surface area contributed by atoms with Gasteiger partial charge in [-0.3, -0.25) is 4.40 Å². The molecule has 8 nitrogen and oxygen atoms in total. The summed E-state index contributed by atoms with van der Waals surface area (Å²) < 4.78 is 12.7. The molecule has 0 atom stereocenters. The van der Waals surface area contributed by atoms with Crippen LogP contribution in [0.4, 0.5) is 5.82 Å². The van der Waals surface area contributed by atoms with Crippen molar-refractivity contribution in [2.24, 2.45) is 0 Å². The number of pyridine rings is 1. The molecule has 5 aromatic rings. The van der Waals surface area contributed by atoms with Crippen molar-refractivity contribution in [3.63, 3.8) is 0 Å². The van der Waals surface area contributed by atoms with Crippen molar-refractivity contribution in [2.75, 3.05) is 12.3 Å². The number of para-hydroxylation sites is 2. The zero-order valence-corrected chi connectivity index (χ0v) is 18.1. The number of nitrogen functional groups attached to an aromatic ring is 1.